The fourth-order valence-electron chi connectivity index (χ4n) is 1.96. The summed E-state index contributed by atoms with van der Waals surface area (Å²) in [6.45, 7) is 2.64. The van der Waals surface area contributed by atoms with Crippen LogP contribution >= 0.6 is 0 Å². The van der Waals surface area contributed by atoms with Crippen LogP contribution in [0.5, 0.6) is 5.75 Å². The molecule has 0 unspecified atom stereocenters. The number of nitrogens with two attached hydrogens (primary N) is 1. The Morgan fingerprint density at radius 2 is 2.19 bits per heavy atom. The molecule has 2 N–H and O–H groups in total. The second-order valence-corrected chi connectivity index (χ2v) is 3.82. The zero-order chi connectivity index (χ0) is 11.5. The highest BCUT2D eigenvalue weighted by molar-refractivity contribution is 5.87. The summed E-state index contributed by atoms with van der Waals surface area (Å²) in [5, 5.41) is 1.13. The van der Waals surface area contributed by atoms with Crippen LogP contribution < -0.4 is 10.5 Å². The normalized spacial score (nSPS) is 10.7. The third-order valence-electron chi connectivity index (χ3n) is 2.65. The van der Waals surface area contributed by atoms with Crippen molar-refractivity contribution in [3.8, 4) is 5.75 Å². The van der Waals surface area contributed by atoms with Gasteiger partial charge in [0.25, 0.3) is 0 Å². The van der Waals surface area contributed by atoms with Gasteiger partial charge in [0.1, 0.15) is 11.3 Å². The number of nitrogens with zero attached hydrogens (tertiary/aromatic N) is 1. The monoisotopic (exact) mass is 216 g/mol. The first-order chi connectivity index (χ1) is 7.76. The van der Waals surface area contributed by atoms with E-state index in [1.807, 2.05) is 19.1 Å². The molecular formula is C13H16N2O. The molecule has 3 nitrogen and oxygen atoms in total. The van der Waals surface area contributed by atoms with Crippen molar-refractivity contribution in [1.29, 1.82) is 0 Å². The van der Waals surface area contributed by atoms with Gasteiger partial charge >= 0.3 is 0 Å². The number of hydrogen-bond donors (Lipinski definition) is 1. The largest absolute Gasteiger partial charge is 0.494 e. The Bertz CT molecular complexity index is 509. The molecule has 84 valence electrons. The highest BCUT2D eigenvalue weighted by Crippen LogP contribution is 2.26. The van der Waals surface area contributed by atoms with Crippen LogP contribution in [0.3, 0.4) is 0 Å². The number of benzene rings is 1. The zero-order valence-electron chi connectivity index (χ0n) is 9.66. The Morgan fingerprint density at radius 1 is 1.38 bits per heavy atom. The smallest absolute Gasteiger partial charge is 0.145 e. The van der Waals surface area contributed by atoms with Gasteiger partial charge in [-0.15, -0.1) is 0 Å². The predicted molar refractivity (Wildman–Crippen MR) is 65.8 cm³/mol. The highest BCUT2D eigenvalue weighted by Gasteiger charge is 2.07. The fourth-order valence-corrected chi connectivity index (χ4v) is 1.96. The topological polar surface area (TPSA) is 48.1 Å². The first-order valence-corrected chi connectivity index (χ1v) is 5.39. The number of rotatable bonds is 3. The summed E-state index contributed by atoms with van der Waals surface area (Å²) in [6.07, 6.45) is 0.868. The molecule has 0 radical (unpaired) electrons. The van der Waals surface area contributed by atoms with E-state index >= 15 is 0 Å². The summed E-state index contributed by atoms with van der Waals surface area (Å²) < 4.78 is 5.32. The van der Waals surface area contributed by atoms with Gasteiger partial charge in [-0.05, 0) is 37.6 Å². The van der Waals surface area contributed by atoms with Gasteiger partial charge in [-0.1, -0.05) is 12.1 Å². The fraction of sp³-hybridized carbons (Fsp3) is 0.308. The first kappa shape index (κ1) is 10.9. The summed E-state index contributed by atoms with van der Waals surface area (Å²) in [4.78, 5) is 4.52. The molecule has 0 saturated carbocycles. The van der Waals surface area contributed by atoms with Crippen LogP contribution in [0.25, 0.3) is 10.9 Å². The molecule has 2 rings (SSSR count). The Morgan fingerprint density at radius 3 is 2.88 bits per heavy atom. The lowest BCUT2D eigenvalue weighted by molar-refractivity contribution is 0.419. The van der Waals surface area contributed by atoms with E-state index in [-0.39, 0.29) is 0 Å². The standard InChI is InChI=1S/C13H16N2O/c1-9-8-10(6-7-14)11-4-3-5-12(16-2)13(11)15-9/h3-5,8H,6-7,14H2,1-2H3. The van der Waals surface area contributed by atoms with E-state index in [0.29, 0.717) is 6.54 Å². The molecule has 2 aromatic rings. The maximum Gasteiger partial charge on any atom is 0.145 e. The van der Waals surface area contributed by atoms with Crippen LogP contribution in [0.15, 0.2) is 24.3 Å². The molecule has 0 aliphatic rings. The van der Waals surface area contributed by atoms with Crippen molar-refractivity contribution in [2.24, 2.45) is 5.73 Å². The summed E-state index contributed by atoms with van der Waals surface area (Å²) in [6, 6.07) is 8.07. The Balaban J connectivity index is 2.72. The minimum Gasteiger partial charge on any atom is -0.494 e. The highest BCUT2D eigenvalue weighted by atomic mass is 16.5. The first-order valence-electron chi connectivity index (χ1n) is 5.39. The van der Waals surface area contributed by atoms with Crippen LogP contribution in [0.4, 0.5) is 0 Å². The minimum absolute atomic E-state index is 0.649. The summed E-state index contributed by atoms with van der Waals surface area (Å²) in [5.41, 5.74) is 8.79. The molecule has 3 heteroatoms. The van der Waals surface area contributed by atoms with Crippen LogP contribution in [0, 0.1) is 6.92 Å². The number of methoxy groups -OCH3 is 1. The Labute approximate surface area is 95.2 Å². The van der Waals surface area contributed by atoms with E-state index in [1.54, 1.807) is 7.11 Å². The van der Waals surface area contributed by atoms with E-state index < -0.39 is 0 Å². The summed E-state index contributed by atoms with van der Waals surface area (Å²) in [7, 11) is 1.67. The van der Waals surface area contributed by atoms with Gasteiger partial charge in [0.05, 0.1) is 7.11 Å². The van der Waals surface area contributed by atoms with Crippen molar-refractivity contribution in [3.63, 3.8) is 0 Å². The molecule has 0 spiro atoms. The maximum absolute atomic E-state index is 5.62. The van der Waals surface area contributed by atoms with Crippen LogP contribution in [-0.4, -0.2) is 18.6 Å². The number of aryl methyl sites for hydroxylation is 1. The number of ether oxygens (including phenoxy) is 1. The van der Waals surface area contributed by atoms with Crippen LogP contribution in [0.1, 0.15) is 11.3 Å². The summed E-state index contributed by atoms with van der Waals surface area (Å²) in [5.74, 6) is 0.819. The number of hydrogen-bond acceptors (Lipinski definition) is 3. The molecule has 0 aliphatic carbocycles. The second-order valence-electron chi connectivity index (χ2n) is 3.82. The molecule has 0 bridgehead atoms. The van der Waals surface area contributed by atoms with Gasteiger partial charge in [0, 0.05) is 11.1 Å². The SMILES string of the molecule is COc1cccc2c(CCN)cc(C)nc12. The van der Waals surface area contributed by atoms with Gasteiger partial charge in [0.2, 0.25) is 0 Å². The molecule has 0 atom stereocenters. The van der Waals surface area contributed by atoms with Crippen molar-refractivity contribution >= 4 is 10.9 Å². The number of pyridine rings is 1. The van der Waals surface area contributed by atoms with Crippen LogP contribution in [0.2, 0.25) is 0 Å². The van der Waals surface area contributed by atoms with Crippen molar-refractivity contribution in [3.05, 3.63) is 35.5 Å². The molecule has 0 fully saturated rings. The van der Waals surface area contributed by atoms with Gasteiger partial charge in [0.15, 0.2) is 0 Å². The van der Waals surface area contributed by atoms with E-state index in [0.717, 1.165) is 28.8 Å². The van der Waals surface area contributed by atoms with Crippen molar-refractivity contribution in [1.82, 2.24) is 4.98 Å². The molecule has 1 aromatic heterocycles. The van der Waals surface area contributed by atoms with Crippen molar-refractivity contribution in [2.75, 3.05) is 13.7 Å². The molecular weight excluding hydrogens is 200 g/mol. The van der Waals surface area contributed by atoms with Gasteiger partial charge in [-0.2, -0.15) is 0 Å². The predicted octanol–water partition coefficient (Wildman–Crippen LogP) is 2.05. The Hall–Kier alpha value is -1.61. The van der Waals surface area contributed by atoms with Crippen LogP contribution in [-0.2, 0) is 6.42 Å². The summed E-state index contributed by atoms with van der Waals surface area (Å²) >= 11 is 0. The molecule has 0 aliphatic heterocycles. The molecule has 0 amide bonds. The van der Waals surface area contributed by atoms with E-state index in [2.05, 4.69) is 17.1 Å². The lowest BCUT2D eigenvalue weighted by Crippen LogP contribution is -2.04. The molecule has 0 saturated heterocycles. The lowest BCUT2D eigenvalue weighted by atomic mass is 10.0. The van der Waals surface area contributed by atoms with Crippen molar-refractivity contribution < 1.29 is 4.74 Å². The number of para-hydroxylation sites is 1. The molecule has 1 aromatic carbocycles. The average Bonchev–Trinajstić information content (AvgIpc) is 2.28. The maximum atomic E-state index is 5.62. The van der Waals surface area contributed by atoms with E-state index in [9.17, 15) is 0 Å². The van der Waals surface area contributed by atoms with Crippen molar-refractivity contribution in [2.45, 2.75) is 13.3 Å². The van der Waals surface area contributed by atoms with E-state index in [1.165, 1.54) is 5.56 Å². The average molecular weight is 216 g/mol. The second kappa shape index (κ2) is 4.49. The molecule has 1 heterocycles. The lowest BCUT2D eigenvalue weighted by Gasteiger charge is -2.09. The minimum atomic E-state index is 0.649. The van der Waals surface area contributed by atoms with Gasteiger partial charge in [-0.25, -0.2) is 4.98 Å². The number of fused-ring (bicyclic) bond motifs is 1. The zero-order valence-corrected chi connectivity index (χ0v) is 9.66. The third-order valence-corrected chi connectivity index (χ3v) is 2.65. The Kier molecular flexibility index (Phi) is 3.06. The van der Waals surface area contributed by atoms with E-state index in [4.69, 9.17) is 10.5 Å². The van der Waals surface area contributed by atoms with Gasteiger partial charge < -0.3 is 10.5 Å². The third kappa shape index (κ3) is 1.86. The molecule has 16 heavy (non-hydrogen) atoms. The number of aromatic nitrogens is 1. The quantitative estimate of drug-likeness (QED) is 0.854. The van der Waals surface area contributed by atoms with Gasteiger partial charge in [-0.3, -0.25) is 0 Å².